The zero-order valence-corrected chi connectivity index (χ0v) is 16.5. The molecule has 1 rings (SSSR count). The molecule has 0 saturated heterocycles. The van der Waals surface area contributed by atoms with Crippen LogP contribution in [0.25, 0.3) is 0 Å². The van der Waals surface area contributed by atoms with Crippen molar-refractivity contribution in [1.29, 1.82) is 0 Å². The van der Waals surface area contributed by atoms with E-state index < -0.39 is 40.7 Å². The van der Waals surface area contributed by atoms with Crippen LogP contribution in [0.15, 0.2) is 23.1 Å². The van der Waals surface area contributed by atoms with Crippen molar-refractivity contribution in [3.05, 3.63) is 28.2 Å². The standard InChI is InChI=1S/C15H20Cl2N2O6S/c1-3-6-18-13(21)8-25-15(22)14(9(2)20)19-26(23,24)10-4-5-11(16)12(17)7-10/h4-5,7,9,14,19-20H,3,6,8H2,1-2H3,(H,18,21). The Hall–Kier alpha value is -1.39. The molecule has 0 aliphatic heterocycles. The van der Waals surface area contributed by atoms with Gasteiger partial charge in [-0.1, -0.05) is 30.1 Å². The monoisotopic (exact) mass is 426 g/mol. The summed E-state index contributed by atoms with van der Waals surface area (Å²) in [6.07, 6.45) is -0.696. The predicted octanol–water partition coefficient (Wildman–Crippen LogP) is 1.09. The van der Waals surface area contributed by atoms with Crippen molar-refractivity contribution in [2.24, 2.45) is 0 Å². The molecule has 0 heterocycles. The number of benzene rings is 1. The third-order valence-corrected chi connectivity index (χ3v) is 5.32. The summed E-state index contributed by atoms with van der Waals surface area (Å²) in [4.78, 5) is 23.3. The van der Waals surface area contributed by atoms with Gasteiger partial charge in [-0.2, -0.15) is 4.72 Å². The van der Waals surface area contributed by atoms with E-state index >= 15 is 0 Å². The zero-order chi connectivity index (χ0) is 19.9. The highest BCUT2D eigenvalue weighted by atomic mass is 35.5. The van der Waals surface area contributed by atoms with E-state index in [1.807, 2.05) is 11.6 Å². The fourth-order valence-electron chi connectivity index (χ4n) is 1.76. The van der Waals surface area contributed by atoms with Crippen molar-refractivity contribution in [2.45, 2.75) is 37.3 Å². The number of rotatable bonds is 9. The van der Waals surface area contributed by atoms with Crippen molar-refractivity contribution in [1.82, 2.24) is 10.0 Å². The molecule has 26 heavy (non-hydrogen) atoms. The fourth-order valence-corrected chi connectivity index (χ4v) is 3.41. The number of carbonyl (C=O) groups is 2. The molecule has 0 aromatic heterocycles. The smallest absolute Gasteiger partial charge is 0.327 e. The Morgan fingerprint density at radius 2 is 1.92 bits per heavy atom. The Kier molecular flexibility index (Phi) is 8.78. The summed E-state index contributed by atoms with van der Waals surface area (Å²) in [7, 11) is -4.20. The first-order chi connectivity index (χ1) is 12.1. The number of carbonyl (C=O) groups excluding carboxylic acids is 2. The van der Waals surface area contributed by atoms with E-state index in [1.165, 1.54) is 19.1 Å². The molecule has 0 bridgehead atoms. The van der Waals surface area contributed by atoms with Gasteiger partial charge in [-0.3, -0.25) is 9.59 Å². The van der Waals surface area contributed by atoms with E-state index in [0.29, 0.717) is 13.0 Å². The minimum Gasteiger partial charge on any atom is -0.454 e. The van der Waals surface area contributed by atoms with Gasteiger partial charge in [0.1, 0.15) is 6.04 Å². The van der Waals surface area contributed by atoms with Gasteiger partial charge < -0.3 is 15.2 Å². The van der Waals surface area contributed by atoms with Gasteiger partial charge in [-0.15, -0.1) is 0 Å². The summed E-state index contributed by atoms with van der Waals surface area (Å²) in [5, 5.41) is 12.4. The molecular weight excluding hydrogens is 407 g/mol. The largest absolute Gasteiger partial charge is 0.454 e. The number of aliphatic hydroxyl groups is 1. The summed E-state index contributed by atoms with van der Waals surface area (Å²) < 4.78 is 31.6. The van der Waals surface area contributed by atoms with Gasteiger partial charge in [-0.25, -0.2) is 8.42 Å². The van der Waals surface area contributed by atoms with Crippen LogP contribution in [-0.2, 0) is 24.3 Å². The van der Waals surface area contributed by atoms with Crippen molar-refractivity contribution in [3.63, 3.8) is 0 Å². The van der Waals surface area contributed by atoms with Crippen LogP contribution in [-0.4, -0.2) is 50.7 Å². The number of amides is 1. The molecule has 1 aromatic carbocycles. The second-order valence-electron chi connectivity index (χ2n) is 5.37. The van der Waals surface area contributed by atoms with Gasteiger partial charge in [-0.05, 0) is 31.5 Å². The lowest BCUT2D eigenvalue weighted by Gasteiger charge is -2.20. The average molecular weight is 427 g/mol. The van der Waals surface area contributed by atoms with E-state index in [0.717, 1.165) is 6.07 Å². The van der Waals surface area contributed by atoms with Crippen molar-refractivity contribution in [3.8, 4) is 0 Å². The van der Waals surface area contributed by atoms with Gasteiger partial charge in [0, 0.05) is 6.54 Å². The van der Waals surface area contributed by atoms with Gasteiger partial charge in [0.25, 0.3) is 5.91 Å². The van der Waals surface area contributed by atoms with Gasteiger partial charge in [0.2, 0.25) is 10.0 Å². The molecule has 8 nitrogen and oxygen atoms in total. The highest BCUT2D eigenvalue weighted by Gasteiger charge is 2.31. The van der Waals surface area contributed by atoms with E-state index in [4.69, 9.17) is 27.9 Å². The Morgan fingerprint density at radius 3 is 2.46 bits per heavy atom. The number of nitrogens with one attached hydrogen (secondary N) is 2. The Morgan fingerprint density at radius 1 is 1.27 bits per heavy atom. The van der Waals surface area contributed by atoms with Crippen LogP contribution in [0.1, 0.15) is 20.3 Å². The van der Waals surface area contributed by atoms with Crippen molar-refractivity contribution >= 4 is 45.1 Å². The first-order valence-corrected chi connectivity index (χ1v) is 9.91. The number of ether oxygens (including phenoxy) is 1. The van der Waals surface area contributed by atoms with Crippen LogP contribution in [0.5, 0.6) is 0 Å². The number of hydrogen-bond acceptors (Lipinski definition) is 6. The maximum Gasteiger partial charge on any atom is 0.327 e. The van der Waals surface area contributed by atoms with Crippen LogP contribution in [0.2, 0.25) is 10.0 Å². The summed E-state index contributed by atoms with van der Waals surface area (Å²) in [5.41, 5.74) is 0. The van der Waals surface area contributed by atoms with Crippen LogP contribution >= 0.6 is 23.2 Å². The fraction of sp³-hybridized carbons (Fsp3) is 0.467. The van der Waals surface area contributed by atoms with Crippen molar-refractivity contribution < 1.29 is 27.9 Å². The van der Waals surface area contributed by atoms with Crippen LogP contribution in [0, 0.1) is 0 Å². The molecule has 0 saturated carbocycles. The first kappa shape index (κ1) is 22.7. The zero-order valence-electron chi connectivity index (χ0n) is 14.2. The third-order valence-electron chi connectivity index (χ3n) is 3.14. The molecule has 0 aliphatic carbocycles. The molecule has 2 atom stereocenters. The number of halogens is 2. The van der Waals surface area contributed by atoms with E-state index in [2.05, 4.69) is 5.32 Å². The summed E-state index contributed by atoms with van der Waals surface area (Å²) in [5.74, 6) is -1.62. The number of sulfonamides is 1. The topological polar surface area (TPSA) is 122 Å². The third kappa shape index (κ3) is 6.73. The maximum atomic E-state index is 12.4. The molecule has 1 amide bonds. The Balaban J connectivity index is 2.84. The highest BCUT2D eigenvalue weighted by Crippen LogP contribution is 2.25. The first-order valence-electron chi connectivity index (χ1n) is 7.67. The number of esters is 1. The van der Waals surface area contributed by atoms with Crippen molar-refractivity contribution in [2.75, 3.05) is 13.2 Å². The summed E-state index contributed by atoms with van der Waals surface area (Å²) in [6.45, 7) is 2.89. The van der Waals surface area contributed by atoms with Crippen LogP contribution < -0.4 is 10.0 Å². The van der Waals surface area contributed by atoms with Gasteiger partial charge >= 0.3 is 5.97 Å². The molecule has 11 heteroatoms. The minimum atomic E-state index is -4.20. The van der Waals surface area contributed by atoms with E-state index in [-0.39, 0.29) is 14.9 Å². The Labute approximate surface area is 161 Å². The van der Waals surface area contributed by atoms with E-state index in [9.17, 15) is 23.1 Å². The van der Waals surface area contributed by atoms with E-state index in [1.54, 1.807) is 0 Å². The molecule has 0 fully saturated rings. The number of hydrogen-bond donors (Lipinski definition) is 3. The normalized spacial score (nSPS) is 13.7. The highest BCUT2D eigenvalue weighted by molar-refractivity contribution is 7.89. The minimum absolute atomic E-state index is 0.0123. The lowest BCUT2D eigenvalue weighted by Crippen LogP contribution is -2.49. The predicted molar refractivity (Wildman–Crippen MR) is 96.5 cm³/mol. The molecule has 2 unspecified atom stereocenters. The quantitative estimate of drug-likeness (QED) is 0.508. The second kappa shape index (κ2) is 10.1. The SMILES string of the molecule is CCCNC(=O)COC(=O)C(NS(=O)(=O)c1ccc(Cl)c(Cl)c1)C(C)O. The molecule has 0 aliphatic rings. The lowest BCUT2D eigenvalue weighted by molar-refractivity contribution is -0.152. The van der Waals surface area contributed by atoms with Gasteiger partial charge in [0.15, 0.2) is 6.61 Å². The number of aliphatic hydroxyl groups excluding tert-OH is 1. The molecule has 146 valence electrons. The Bertz CT molecular complexity index is 755. The molecular formula is C15H20Cl2N2O6S. The average Bonchev–Trinajstić information content (AvgIpc) is 2.57. The summed E-state index contributed by atoms with van der Waals surface area (Å²) >= 11 is 11.5. The molecule has 0 spiro atoms. The molecule has 3 N–H and O–H groups in total. The molecule has 1 aromatic rings. The summed E-state index contributed by atoms with van der Waals surface area (Å²) in [6, 6.07) is 1.98. The van der Waals surface area contributed by atoms with Gasteiger partial charge in [0.05, 0.1) is 21.0 Å². The lowest BCUT2D eigenvalue weighted by atomic mass is 10.2. The van der Waals surface area contributed by atoms with Crippen LogP contribution in [0.4, 0.5) is 0 Å². The maximum absolute atomic E-state index is 12.4. The molecule has 0 radical (unpaired) electrons. The van der Waals surface area contributed by atoms with Crippen LogP contribution in [0.3, 0.4) is 0 Å². The second-order valence-corrected chi connectivity index (χ2v) is 7.90.